The number of hydrogen-bond acceptors (Lipinski definition) is 2. The van der Waals surface area contributed by atoms with E-state index in [1.807, 2.05) is 12.3 Å². The topological polar surface area (TPSA) is 25.8 Å². The maximum absolute atomic E-state index is 5.02. The van der Waals surface area contributed by atoms with Gasteiger partial charge in [0.15, 0.2) is 0 Å². The molecule has 1 aliphatic carbocycles. The Morgan fingerprint density at radius 2 is 1.59 bits per heavy atom. The van der Waals surface area contributed by atoms with Crippen molar-refractivity contribution in [1.29, 1.82) is 0 Å². The lowest BCUT2D eigenvalue weighted by Crippen LogP contribution is -2.06. The third-order valence-electron chi connectivity index (χ3n) is 4.57. The van der Waals surface area contributed by atoms with Gasteiger partial charge in [0.2, 0.25) is 0 Å². The maximum Gasteiger partial charge on any atom is 0.0972 e. The Labute approximate surface area is 128 Å². The van der Waals surface area contributed by atoms with Crippen LogP contribution in [0.25, 0.3) is 33.1 Å². The molecule has 104 valence electrons. The standard InChI is InChI=1S/C20H14N2/c1-2-6-17-13(4-1)7-9-15-12-16-10-8-14-5-3-11-21-19(14)20(16)22-18(15)17/h1-6,8,10-12H,7,9H2. The molecule has 0 aliphatic heterocycles. The molecule has 0 bridgehead atoms. The largest absolute Gasteiger partial charge is 0.254 e. The Morgan fingerprint density at radius 3 is 2.59 bits per heavy atom. The lowest BCUT2D eigenvalue weighted by atomic mass is 9.88. The summed E-state index contributed by atoms with van der Waals surface area (Å²) in [4.78, 5) is 9.57. The Morgan fingerprint density at radius 1 is 0.727 bits per heavy atom. The first kappa shape index (κ1) is 11.9. The van der Waals surface area contributed by atoms with Gasteiger partial charge in [0.25, 0.3) is 0 Å². The zero-order chi connectivity index (χ0) is 14.5. The predicted molar refractivity (Wildman–Crippen MR) is 89.9 cm³/mol. The van der Waals surface area contributed by atoms with Crippen LogP contribution in [0.1, 0.15) is 11.1 Å². The van der Waals surface area contributed by atoms with E-state index in [9.17, 15) is 0 Å². The third kappa shape index (κ3) is 1.61. The fraction of sp³-hybridized carbons (Fsp3) is 0.100. The van der Waals surface area contributed by atoms with E-state index in [0.717, 1.165) is 35.0 Å². The van der Waals surface area contributed by atoms with Gasteiger partial charge in [-0.15, -0.1) is 0 Å². The summed E-state index contributed by atoms with van der Waals surface area (Å²) in [5.41, 5.74) is 7.15. The maximum atomic E-state index is 5.02. The molecule has 2 nitrogen and oxygen atoms in total. The van der Waals surface area contributed by atoms with E-state index in [0.29, 0.717) is 0 Å². The van der Waals surface area contributed by atoms with Crippen LogP contribution in [0.3, 0.4) is 0 Å². The van der Waals surface area contributed by atoms with Crippen LogP contribution in [0, 0.1) is 0 Å². The van der Waals surface area contributed by atoms with Gasteiger partial charge in [-0.1, -0.05) is 42.5 Å². The highest BCUT2D eigenvalue weighted by Gasteiger charge is 2.18. The quantitative estimate of drug-likeness (QED) is 0.442. The Hall–Kier alpha value is -2.74. The number of pyridine rings is 2. The predicted octanol–water partition coefficient (Wildman–Crippen LogP) is 4.55. The Balaban J connectivity index is 1.91. The minimum absolute atomic E-state index is 0.992. The van der Waals surface area contributed by atoms with Crippen molar-refractivity contribution in [3.63, 3.8) is 0 Å². The number of hydrogen-bond donors (Lipinski definition) is 0. The zero-order valence-electron chi connectivity index (χ0n) is 12.1. The Bertz CT molecular complexity index is 1030. The van der Waals surface area contributed by atoms with Gasteiger partial charge in [-0.25, -0.2) is 4.98 Å². The van der Waals surface area contributed by atoms with Crippen molar-refractivity contribution >= 4 is 21.8 Å². The highest BCUT2D eigenvalue weighted by atomic mass is 14.8. The van der Waals surface area contributed by atoms with E-state index in [4.69, 9.17) is 4.98 Å². The fourth-order valence-corrected chi connectivity index (χ4v) is 3.48. The molecule has 5 rings (SSSR count). The first-order chi connectivity index (χ1) is 10.9. The smallest absolute Gasteiger partial charge is 0.0972 e. The second kappa shape index (κ2) is 4.38. The van der Waals surface area contributed by atoms with Crippen molar-refractivity contribution in [2.24, 2.45) is 0 Å². The van der Waals surface area contributed by atoms with Crippen molar-refractivity contribution in [3.8, 4) is 11.3 Å². The molecule has 0 unspecified atom stereocenters. The van der Waals surface area contributed by atoms with Gasteiger partial charge in [0, 0.05) is 22.5 Å². The van der Waals surface area contributed by atoms with Crippen molar-refractivity contribution in [3.05, 3.63) is 71.9 Å². The molecule has 22 heavy (non-hydrogen) atoms. The zero-order valence-corrected chi connectivity index (χ0v) is 12.1. The number of benzene rings is 2. The van der Waals surface area contributed by atoms with Gasteiger partial charge < -0.3 is 0 Å². The minimum atomic E-state index is 0.992. The molecular weight excluding hydrogens is 268 g/mol. The molecule has 2 heteroatoms. The molecule has 4 aromatic rings. The molecular formula is C20H14N2. The highest BCUT2D eigenvalue weighted by molar-refractivity contribution is 6.03. The summed E-state index contributed by atoms with van der Waals surface area (Å²) in [6.07, 6.45) is 4.01. The van der Waals surface area contributed by atoms with Gasteiger partial charge in [0.1, 0.15) is 0 Å². The summed E-state index contributed by atoms with van der Waals surface area (Å²) in [6, 6.07) is 19.3. The van der Waals surface area contributed by atoms with Crippen molar-refractivity contribution in [2.75, 3.05) is 0 Å². The van der Waals surface area contributed by atoms with Crippen LogP contribution in [0.2, 0.25) is 0 Å². The molecule has 0 spiro atoms. The van der Waals surface area contributed by atoms with Crippen LogP contribution in [-0.2, 0) is 12.8 Å². The van der Waals surface area contributed by atoms with Gasteiger partial charge in [-0.2, -0.15) is 0 Å². The van der Waals surface area contributed by atoms with E-state index < -0.39 is 0 Å². The SMILES string of the molecule is c1ccc2c(c1)CCc1cc3ccc4cccnc4c3nc1-2. The second-order valence-electron chi connectivity index (χ2n) is 5.87. The number of fused-ring (bicyclic) bond motifs is 6. The van der Waals surface area contributed by atoms with E-state index in [1.54, 1.807) is 0 Å². The first-order valence-electron chi connectivity index (χ1n) is 7.66. The molecule has 2 heterocycles. The van der Waals surface area contributed by atoms with Crippen molar-refractivity contribution in [2.45, 2.75) is 12.8 Å². The van der Waals surface area contributed by atoms with E-state index in [1.165, 1.54) is 22.1 Å². The van der Waals surface area contributed by atoms with Crippen LogP contribution in [0.5, 0.6) is 0 Å². The molecule has 0 saturated carbocycles. The summed E-state index contributed by atoms with van der Waals surface area (Å²) in [7, 11) is 0. The molecule has 2 aromatic heterocycles. The van der Waals surface area contributed by atoms with Crippen LogP contribution in [-0.4, -0.2) is 9.97 Å². The summed E-state index contributed by atoms with van der Waals surface area (Å²) in [5, 5.41) is 2.33. The molecule has 0 N–H and O–H groups in total. The molecule has 0 amide bonds. The van der Waals surface area contributed by atoms with Crippen molar-refractivity contribution < 1.29 is 0 Å². The number of rotatable bonds is 0. The molecule has 0 atom stereocenters. The van der Waals surface area contributed by atoms with Crippen LogP contribution in [0.15, 0.2) is 60.8 Å². The van der Waals surface area contributed by atoms with Crippen LogP contribution in [0.4, 0.5) is 0 Å². The first-order valence-corrected chi connectivity index (χ1v) is 7.66. The van der Waals surface area contributed by atoms with Gasteiger partial charge in [-0.05, 0) is 36.1 Å². The summed E-state index contributed by atoms with van der Waals surface area (Å²) in [5.74, 6) is 0. The van der Waals surface area contributed by atoms with E-state index >= 15 is 0 Å². The average molecular weight is 282 g/mol. The highest BCUT2D eigenvalue weighted by Crippen LogP contribution is 2.35. The Kier molecular flexibility index (Phi) is 2.36. The molecule has 0 fully saturated rings. The van der Waals surface area contributed by atoms with Gasteiger partial charge >= 0.3 is 0 Å². The summed E-state index contributed by atoms with van der Waals surface area (Å²) in [6.45, 7) is 0. The number of aromatic nitrogens is 2. The average Bonchev–Trinajstić information content (AvgIpc) is 2.60. The minimum Gasteiger partial charge on any atom is -0.254 e. The van der Waals surface area contributed by atoms with Gasteiger partial charge in [-0.3, -0.25) is 4.98 Å². The molecule has 2 aromatic carbocycles. The second-order valence-corrected chi connectivity index (χ2v) is 5.87. The number of aryl methyl sites for hydroxylation is 2. The van der Waals surface area contributed by atoms with Crippen molar-refractivity contribution in [1.82, 2.24) is 9.97 Å². The number of nitrogens with zero attached hydrogens (tertiary/aromatic N) is 2. The molecule has 0 radical (unpaired) electrons. The molecule has 1 aliphatic rings. The lowest BCUT2D eigenvalue weighted by Gasteiger charge is -2.19. The third-order valence-corrected chi connectivity index (χ3v) is 4.57. The monoisotopic (exact) mass is 282 g/mol. The van der Waals surface area contributed by atoms with E-state index in [2.05, 4.69) is 53.5 Å². The normalized spacial score (nSPS) is 13.1. The van der Waals surface area contributed by atoms with Crippen LogP contribution < -0.4 is 0 Å². The van der Waals surface area contributed by atoms with E-state index in [-0.39, 0.29) is 0 Å². The van der Waals surface area contributed by atoms with Gasteiger partial charge in [0.05, 0.1) is 16.7 Å². The van der Waals surface area contributed by atoms with Crippen LogP contribution >= 0.6 is 0 Å². The molecule has 0 saturated heterocycles. The fourth-order valence-electron chi connectivity index (χ4n) is 3.48. The summed E-state index contributed by atoms with van der Waals surface area (Å²) < 4.78 is 0. The summed E-state index contributed by atoms with van der Waals surface area (Å²) >= 11 is 0. The lowest BCUT2D eigenvalue weighted by molar-refractivity contribution is 0.933.